The molecule has 0 bridgehead atoms. The van der Waals surface area contributed by atoms with Crippen LogP contribution in [0.4, 0.5) is 5.69 Å². The van der Waals surface area contributed by atoms with Crippen molar-refractivity contribution >= 4 is 34.7 Å². The highest BCUT2D eigenvalue weighted by Gasteiger charge is 2.17. The lowest BCUT2D eigenvalue weighted by molar-refractivity contribution is 0.0968. The van der Waals surface area contributed by atoms with Gasteiger partial charge in [0.2, 0.25) is 5.88 Å². The first-order chi connectivity index (χ1) is 17.5. The molecular weight excluding hydrogens is 478 g/mol. The van der Waals surface area contributed by atoms with E-state index in [4.69, 9.17) is 9.47 Å². The number of Topliss-reactive ketones (excluding diaryl/α,β-unsaturated/α-hetero) is 1. The number of aromatic nitrogens is 1. The largest absolute Gasteiger partial charge is 0.493 e. The number of aliphatic imine (C=N–C) groups is 1. The second-order valence-corrected chi connectivity index (χ2v) is 8.93. The number of amidine groups is 1. The quantitative estimate of drug-likeness (QED) is 0.394. The standard InChI is InChI=1S/C27H21N3O5S/c1-34-22-11-9-18(14-23(22)35-2)25-28-19-10-8-16(12-20(19)29-25)13-24-26(32)30(27(33)36-24)15-21(31)17-6-4-3-5-7-17/h3-14,32H,15H2,1-2H3. The third-order valence-electron chi connectivity index (χ3n) is 5.68. The Morgan fingerprint density at radius 3 is 2.53 bits per heavy atom. The average Bonchev–Trinajstić information content (AvgIpc) is 3.44. The van der Waals surface area contributed by atoms with E-state index in [9.17, 15) is 14.7 Å². The van der Waals surface area contributed by atoms with E-state index in [1.807, 2.05) is 36.4 Å². The zero-order valence-electron chi connectivity index (χ0n) is 19.5. The Kier molecular flexibility index (Phi) is 6.22. The molecule has 5 rings (SSSR count). The number of fused-ring (bicyclic) bond motifs is 1. The van der Waals surface area contributed by atoms with E-state index in [-0.39, 0.29) is 18.2 Å². The van der Waals surface area contributed by atoms with Crippen molar-refractivity contribution in [2.75, 3.05) is 14.2 Å². The summed E-state index contributed by atoms with van der Waals surface area (Å²) < 4.78 is 11.7. The SMILES string of the molecule is COc1ccc(C2=Nc3cc(=Cc4sc(=O)n(CC(=O)c5ccccc5)c4O)ccc3=N2)cc1OC. The van der Waals surface area contributed by atoms with Gasteiger partial charge in [0.15, 0.2) is 23.1 Å². The zero-order chi connectivity index (χ0) is 25.2. The molecule has 3 aromatic carbocycles. The van der Waals surface area contributed by atoms with Crippen LogP contribution in [0.25, 0.3) is 6.08 Å². The van der Waals surface area contributed by atoms with Crippen LogP contribution in [0.15, 0.2) is 81.5 Å². The monoisotopic (exact) mass is 499 g/mol. The topological polar surface area (TPSA) is 102 Å². The fraction of sp³-hybridized carbons (Fsp3) is 0.111. The van der Waals surface area contributed by atoms with E-state index in [2.05, 4.69) is 9.98 Å². The summed E-state index contributed by atoms with van der Waals surface area (Å²) in [6.07, 6.45) is 1.69. The molecule has 180 valence electrons. The van der Waals surface area contributed by atoms with Crippen molar-refractivity contribution in [2.24, 2.45) is 9.98 Å². The van der Waals surface area contributed by atoms with Gasteiger partial charge in [-0.2, -0.15) is 0 Å². The summed E-state index contributed by atoms with van der Waals surface area (Å²) in [7, 11) is 3.15. The number of benzene rings is 3. The van der Waals surface area contributed by atoms with Crippen LogP contribution in [0.1, 0.15) is 20.8 Å². The minimum absolute atomic E-state index is 0.235. The highest BCUT2D eigenvalue weighted by molar-refractivity contribution is 7.10. The summed E-state index contributed by atoms with van der Waals surface area (Å²) >= 11 is 0.876. The summed E-state index contributed by atoms with van der Waals surface area (Å²) in [5, 5.41) is 12.1. The molecular formula is C27H21N3O5S. The first kappa shape index (κ1) is 23.3. The van der Waals surface area contributed by atoms with Crippen LogP contribution < -0.4 is 24.9 Å². The van der Waals surface area contributed by atoms with E-state index < -0.39 is 4.87 Å². The number of nitrogens with zero attached hydrogens (tertiary/aromatic N) is 3. The predicted octanol–water partition coefficient (Wildman–Crippen LogP) is 3.06. The molecule has 0 saturated carbocycles. The van der Waals surface area contributed by atoms with Gasteiger partial charge in [-0.05, 0) is 41.6 Å². The van der Waals surface area contributed by atoms with Gasteiger partial charge in [-0.15, -0.1) is 0 Å². The lowest BCUT2D eigenvalue weighted by Gasteiger charge is -2.08. The van der Waals surface area contributed by atoms with Crippen LogP contribution in [-0.4, -0.2) is 35.5 Å². The zero-order valence-corrected chi connectivity index (χ0v) is 20.3. The Labute approximate surface area is 209 Å². The molecule has 0 unspecified atom stereocenters. The molecule has 2 heterocycles. The van der Waals surface area contributed by atoms with Crippen LogP contribution in [-0.2, 0) is 6.54 Å². The minimum atomic E-state index is -0.409. The molecule has 1 N–H and O–H groups in total. The van der Waals surface area contributed by atoms with Crippen molar-refractivity contribution in [2.45, 2.75) is 6.54 Å². The maximum Gasteiger partial charge on any atom is 0.311 e. The molecule has 8 nitrogen and oxygen atoms in total. The molecule has 0 saturated heterocycles. The number of carbonyl (C=O) groups excluding carboxylic acids is 1. The molecule has 4 aromatic rings. The normalized spacial score (nSPS) is 12.6. The van der Waals surface area contributed by atoms with Gasteiger partial charge in [-0.25, -0.2) is 9.98 Å². The number of ketones is 1. The highest BCUT2D eigenvalue weighted by Crippen LogP contribution is 2.29. The second kappa shape index (κ2) is 9.63. The number of ether oxygens (including phenoxy) is 2. The maximum atomic E-state index is 12.5. The molecule has 0 fully saturated rings. The molecule has 0 atom stereocenters. The molecule has 0 spiro atoms. The fourth-order valence-corrected chi connectivity index (χ4v) is 4.68. The number of aromatic hydroxyl groups is 1. The fourth-order valence-electron chi connectivity index (χ4n) is 3.83. The molecule has 1 aliphatic rings. The van der Waals surface area contributed by atoms with Gasteiger partial charge in [0.25, 0.3) is 0 Å². The van der Waals surface area contributed by atoms with Gasteiger partial charge in [0, 0.05) is 11.1 Å². The Hall–Kier alpha value is -4.50. The summed E-state index contributed by atoms with van der Waals surface area (Å²) in [5.74, 6) is 1.24. The van der Waals surface area contributed by atoms with Crippen molar-refractivity contribution in [3.8, 4) is 17.4 Å². The number of carbonyl (C=O) groups is 1. The van der Waals surface area contributed by atoms with Crippen molar-refractivity contribution in [1.82, 2.24) is 4.57 Å². The van der Waals surface area contributed by atoms with E-state index in [0.717, 1.165) is 26.7 Å². The summed E-state index contributed by atoms with van der Waals surface area (Å²) in [4.78, 5) is 34.2. The second-order valence-electron chi connectivity index (χ2n) is 7.94. The number of thiazole rings is 1. The maximum absolute atomic E-state index is 12.5. The number of methoxy groups -OCH3 is 2. The van der Waals surface area contributed by atoms with E-state index in [1.165, 1.54) is 0 Å². The molecule has 1 aliphatic heterocycles. The van der Waals surface area contributed by atoms with Crippen molar-refractivity contribution in [3.63, 3.8) is 0 Å². The Morgan fingerprint density at radius 2 is 1.78 bits per heavy atom. The predicted molar refractivity (Wildman–Crippen MR) is 138 cm³/mol. The van der Waals surface area contributed by atoms with Crippen molar-refractivity contribution in [1.29, 1.82) is 0 Å². The van der Waals surface area contributed by atoms with Gasteiger partial charge in [-0.3, -0.25) is 14.2 Å². The van der Waals surface area contributed by atoms with Gasteiger partial charge in [0.1, 0.15) is 0 Å². The molecule has 0 radical (unpaired) electrons. The van der Waals surface area contributed by atoms with Crippen molar-refractivity contribution in [3.05, 3.63) is 103 Å². The number of hydrogen-bond donors (Lipinski definition) is 1. The van der Waals surface area contributed by atoms with Crippen molar-refractivity contribution < 1.29 is 19.4 Å². The molecule has 0 amide bonds. The van der Waals surface area contributed by atoms with Crippen LogP contribution in [0.3, 0.4) is 0 Å². The van der Waals surface area contributed by atoms with Gasteiger partial charge < -0.3 is 14.6 Å². The third-order valence-corrected chi connectivity index (χ3v) is 6.60. The highest BCUT2D eigenvalue weighted by atomic mass is 32.1. The van der Waals surface area contributed by atoms with Gasteiger partial charge in [-0.1, -0.05) is 47.7 Å². The average molecular weight is 500 g/mol. The molecule has 1 aromatic heterocycles. The summed E-state index contributed by atoms with van der Waals surface area (Å²) in [6.45, 7) is -0.235. The van der Waals surface area contributed by atoms with Crippen LogP contribution in [0, 0.1) is 0 Å². The van der Waals surface area contributed by atoms with Crippen LogP contribution in [0.5, 0.6) is 17.4 Å². The Morgan fingerprint density at radius 1 is 1.00 bits per heavy atom. The smallest absolute Gasteiger partial charge is 0.311 e. The first-order valence-corrected chi connectivity index (χ1v) is 11.8. The Balaban J connectivity index is 1.44. The van der Waals surface area contributed by atoms with Crippen LogP contribution >= 0.6 is 11.3 Å². The van der Waals surface area contributed by atoms with E-state index in [0.29, 0.717) is 38.8 Å². The third kappa shape index (κ3) is 4.44. The summed E-state index contributed by atoms with van der Waals surface area (Å²) in [6, 6.07) is 19.6. The lowest BCUT2D eigenvalue weighted by Crippen LogP contribution is -2.18. The van der Waals surface area contributed by atoms with E-state index in [1.54, 1.807) is 50.6 Å². The van der Waals surface area contributed by atoms with Crippen LogP contribution in [0.2, 0.25) is 0 Å². The van der Waals surface area contributed by atoms with Gasteiger partial charge >= 0.3 is 4.87 Å². The Bertz CT molecular complexity index is 1690. The lowest BCUT2D eigenvalue weighted by atomic mass is 10.1. The molecule has 36 heavy (non-hydrogen) atoms. The molecule has 0 aliphatic carbocycles. The summed E-state index contributed by atoms with van der Waals surface area (Å²) in [5.41, 5.74) is 1.93. The van der Waals surface area contributed by atoms with Gasteiger partial charge in [0.05, 0.1) is 36.7 Å². The number of rotatable bonds is 7. The minimum Gasteiger partial charge on any atom is -0.493 e. The number of hydrogen-bond acceptors (Lipinski definition) is 8. The molecule has 9 heteroatoms. The van der Waals surface area contributed by atoms with E-state index >= 15 is 0 Å². The first-order valence-electron chi connectivity index (χ1n) is 11.0.